The van der Waals surface area contributed by atoms with Crippen LogP contribution in [0.5, 0.6) is 11.5 Å². The van der Waals surface area contributed by atoms with Crippen LogP contribution in [0.3, 0.4) is 0 Å². The number of benzene rings is 1. The Morgan fingerprint density at radius 2 is 1.94 bits per heavy atom. The molecule has 1 aromatic heterocycles. The van der Waals surface area contributed by atoms with E-state index in [1.54, 1.807) is 20.3 Å². The quantitative estimate of drug-likeness (QED) is 0.943. The van der Waals surface area contributed by atoms with Gasteiger partial charge in [-0.3, -0.25) is 0 Å². The van der Waals surface area contributed by atoms with E-state index in [1.807, 2.05) is 12.1 Å². The maximum atomic E-state index is 5.65. The lowest BCUT2D eigenvalue weighted by Crippen LogP contribution is -1.96. The summed E-state index contributed by atoms with van der Waals surface area (Å²) in [6, 6.07) is 5.39. The lowest BCUT2D eigenvalue weighted by Gasteiger charge is -2.13. The van der Waals surface area contributed by atoms with Crippen LogP contribution < -0.4 is 15.2 Å². The second-order valence-corrected chi connectivity index (χ2v) is 4.28. The van der Waals surface area contributed by atoms with Gasteiger partial charge < -0.3 is 15.2 Å². The fourth-order valence-electron chi connectivity index (χ4n) is 1.62. The van der Waals surface area contributed by atoms with Crippen molar-refractivity contribution in [1.82, 2.24) is 9.97 Å². The molecule has 0 aliphatic carbocycles. The fraction of sp³-hybridized carbons (Fsp3) is 0.167. The molecule has 0 fully saturated rings. The van der Waals surface area contributed by atoms with Crippen LogP contribution >= 0.6 is 15.9 Å². The Morgan fingerprint density at radius 3 is 2.56 bits per heavy atom. The summed E-state index contributed by atoms with van der Waals surface area (Å²) in [5.74, 6) is 1.75. The minimum Gasteiger partial charge on any atom is -0.495 e. The molecule has 18 heavy (non-hydrogen) atoms. The SMILES string of the molecule is COc1ccc(-c2cc(N)ncn2)c(OC)c1Br. The normalized spacial score (nSPS) is 10.2. The molecule has 1 aromatic carbocycles. The number of methoxy groups -OCH3 is 2. The van der Waals surface area contributed by atoms with Gasteiger partial charge in [0.25, 0.3) is 0 Å². The van der Waals surface area contributed by atoms with Gasteiger partial charge in [0.2, 0.25) is 0 Å². The van der Waals surface area contributed by atoms with Crippen molar-refractivity contribution in [2.75, 3.05) is 20.0 Å². The summed E-state index contributed by atoms with van der Waals surface area (Å²) in [4.78, 5) is 8.05. The highest BCUT2D eigenvalue weighted by atomic mass is 79.9. The number of nitrogens with two attached hydrogens (primary N) is 1. The van der Waals surface area contributed by atoms with Crippen molar-refractivity contribution in [2.45, 2.75) is 0 Å². The number of hydrogen-bond acceptors (Lipinski definition) is 5. The van der Waals surface area contributed by atoms with Crippen LogP contribution in [0, 0.1) is 0 Å². The third-order valence-electron chi connectivity index (χ3n) is 2.45. The number of nitrogen functional groups attached to an aromatic ring is 1. The van der Waals surface area contributed by atoms with Gasteiger partial charge in [-0.2, -0.15) is 0 Å². The molecule has 0 radical (unpaired) electrons. The first-order valence-electron chi connectivity index (χ1n) is 5.15. The standard InChI is InChI=1S/C12H12BrN3O2/c1-17-9-4-3-7(12(18-2)11(9)13)8-5-10(14)16-6-15-8/h3-6H,1-2H3,(H2,14,15,16). The Hall–Kier alpha value is -1.82. The molecule has 0 saturated heterocycles. The number of anilines is 1. The molecule has 6 heteroatoms. The number of rotatable bonds is 3. The zero-order chi connectivity index (χ0) is 13.1. The topological polar surface area (TPSA) is 70.3 Å². The average molecular weight is 310 g/mol. The van der Waals surface area contributed by atoms with Gasteiger partial charge >= 0.3 is 0 Å². The van der Waals surface area contributed by atoms with E-state index in [0.29, 0.717) is 23.0 Å². The van der Waals surface area contributed by atoms with E-state index in [0.717, 1.165) is 10.0 Å². The molecule has 2 rings (SSSR count). The van der Waals surface area contributed by atoms with Gasteiger partial charge in [0.05, 0.1) is 19.9 Å². The number of halogens is 1. The van der Waals surface area contributed by atoms with Gasteiger partial charge in [-0.05, 0) is 28.1 Å². The molecule has 0 amide bonds. The largest absolute Gasteiger partial charge is 0.495 e. The van der Waals surface area contributed by atoms with Crippen molar-refractivity contribution in [1.29, 1.82) is 0 Å². The second kappa shape index (κ2) is 5.22. The van der Waals surface area contributed by atoms with Crippen LogP contribution in [0.25, 0.3) is 11.3 Å². The van der Waals surface area contributed by atoms with Gasteiger partial charge in [-0.1, -0.05) is 0 Å². The smallest absolute Gasteiger partial charge is 0.146 e. The summed E-state index contributed by atoms with van der Waals surface area (Å²) in [5.41, 5.74) is 7.17. The molecule has 0 aliphatic rings. The molecule has 0 bridgehead atoms. The van der Waals surface area contributed by atoms with E-state index in [2.05, 4.69) is 25.9 Å². The number of hydrogen-bond donors (Lipinski definition) is 1. The maximum Gasteiger partial charge on any atom is 0.146 e. The summed E-state index contributed by atoms with van der Waals surface area (Å²) in [6.07, 6.45) is 1.42. The zero-order valence-electron chi connectivity index (χ0n) is 9.98. The van der Waals surface area contributed by atoms with E-state index in [-0.39, 0.29) is 0 Å². The zero-order valence-corrected chi connectivity index (χ0v) is 11.6. The van der Waals surface area contributed by atoms with Crippen molar-refractivity contribution in [3.63, 3.8) is 0 Å². The first-order valence-corrected chi connectivity index (χ1v) is 5.95. The predicted octanol–water partition coefficient (Wildman–Crippen LogP) is 2.51. The fourth-order valence-corrected chi connectivity index (χ4v) is 2.29. The number of nitrogens with zero attached hydrogens (tertiary/aromatic N) is 2. The first-order chi connectivity index (χ1) is 8.67. The maximum absolute atomic E-state index is 5.65. The molecule has 0 saturated carbocycles. The summed E-state index contributed by atoms with van der Waals surface area (Å²) >= 11 is 3.44. The van der Waals surface area contributed by atoms with Crippen molar-refractivity contribution in [3.8, 4) is 22.8 Å². The van der Waals surface area contributed by atoms with E-state index in [9.17, 15) is 0 Å². The van der Waals surface area contributed by atoms with E-state index < -0.39 is 0 Å². The average Bonchev–Trinajstić information content (AvgIpc) is 2.38. The lowest BCUT2D eigenvalue weighted by atomic mass is 10.1. The van der Waals surface area contributed by atoms with Crippen LogP contribution in [0.2, 0.25) is 0 Å². The molecule has 1 heterocycles. The predicted molar refractivity (Wildman–Crippen MR) is 72.7 cm³/mol. The van der Waals surface area contributed by atoms with E-state index in [4.69, 9.17) is 15.2 Å². The van der Waals surface area contributed by atoms with E-state index in [1.165, 1.54) is 6.33 Å². The summed E-state index contributed by atoms with van der Waals surface area (Å²) in [6.45, 7) is 0. The molecule has 94 valence electrons. The lowest BCUT2D eigenvalue weighted by molar-refractivity contribution is 0.390. The van der Waals surface area contributed by atoms with Gasteiger partial charge in [-0.25, -0.2) is 9.97 Å². The van der Waals surface area contributed by atoms with Gasteiger partial charge in [0, 0.05) is 11.6 Å². The third kappa shape index (κ3) is 2.24. The van der Waals surface area contributed by atoms with Crippen molar-refractivity contribution < 1.29 is 9.47 Å². The van der Waals surface area contributed by atoms with Crippen molar-refractivity contribution in [3.05, 3.63) is 29.0 Å². The Morgan fingerprint density at radius 1 is 1.17 bits per heavy atom. The summed E-state index contributed by atoms with van der Waals surface area (Å²) in [5, 5.41) is 0. The molecule has 0 aliphatic heterocycles. The molecule has 0 spiro atoms. The molecular weight excluding hydrogens is 298 g/mol. The van der Waals surface area contributed by atoms with E-state index >= 15 is 0 Å². The van der Waals surface area contributed by atoms with Crippen LogP contribution in [0.1, 0.15) is 0 Å². The van der Waals surface area contributed by atoms with Crippen LogP contribution in [-0.2, 0) is 0 Å². The molecule has 0 atom stereocenters. The highest BCUT2D eigenvalue weighted by molar-refractivity contribution is 9.10. The van der Waals surface area contributed by atoms with Gasteiger partial charge in [-0.15, -0.1) is 0 Å². The Kier molecular flexibility index (Phi) is 3.66. The number of ether oxygens (including phenoxy) is 2. The summed E-state index contributed by atoms with van der Waals surface area (Å²) < 4.78 is 11.3. The molecule has 2 N–H and O–H groups in total. The minimum atomic E-state index is 0.411. The number of aromatic nitrogens is 2. The monoisotopic (exact) mass is 309 g/mol. The highest BCUT2D eigenvalue weighted by Gasteiger charge is 2.15. The van der Waals surface area contributed by atoms with Gasteiger partial charge in [0.1, 0.15) is 28.1 Å². The van der Waals surface area contributed by atoms with Crippen LogP contribution in [-0.4, -0.2) is 24.2 Å². The van der Waals surface area contributed by atoms with Crippen molar-refractivity contribution >= 4 is 21.7 Å². The van der Waals surface area contributed by atoms with Gasteiger partial charge in [0.15, 0.2) is 0 Å². The van der Waals surface area contributed by atoms with Crippen LogP contribution in [0.4, 0.5) is 5.82 Å². The Balaban J connectivity index is 2.61. The van der Waals surface area contributed by atoms with Crippen molar-refractivity contribution in [2.24, 2.45) is 0 Å². The molecule has 0 unspecified atom stereocenters. The van der Waals surface area contributed by atoms with Crippen LogP contribution in [0.15, 0.2) is 29.0 Å². The third-order valence-corrected chi connectivity index (χ3v) is 3.20. The minimum absolute atomic E-state index is 0.411. The second-order valence-electron chi connectivity index (χ2n) is 3.49. The molecule has 5 nitrogen and oxygen atoms in total. The molecular formula is C12H12BrN3O2. The Labute approximate surface area is 113 Å². The first kappa shape index (κ1) is 12.6. The summed E-state index contributed by atoms with van der Waals surface area (Å²) in [7, 11) is 3.19. The molecule has 2 aromatic rings. The highest BCUT2D eigenvalue weighted by Crippen LogP contribution is 2.41. The Bertz CT molecular complexity index is 575.